The quantitative estimate of drug-likeness (QED) is 0.339. The summed E-state index contributed by atoms with van der Waals surface area (Å²) in [5, 5.41) is 11.7. The Morgan fingerprint density at radius 3 is 2.56 bits per heavy atom. The van der Waals surface area contributed by atoms with Gasteiger partial charge in [-0.05, 0) is 69.1 Å². The second-order valence-corrected chi connectivity index (χ2v) is 14.6. The van der Waals surface area contributed by atoms with Crippen LogP contribution in [0.25, 0.3) is 0 Å². The van der Waals surface area contributed by atoms with Crippen LogP contribution in [-0.4, -0.2) is 58.7 Å². The summed E-state index contributed by atoms with van der Waals surface area (Å²) in [5.74, 6) is -0.343. The van der Waals surface area contributed by atoms with Crippen molar-refractivity contribution in [2.45, 2.75) is 109 Å². The summed E-state index contributed by atoms with van der Waals surface area (Å²) in [6.45, 7) is 14.7. The van der Waals surface area contributed by atoms with E-state index in [9.17, 15) is 19.5 Å². The molecular formula is C31H49NO6S. The van der Waals surface area contributed by atoms with Crippen molar-refractivity contribution in [3.05, 3.63) is 12.7 Å². The maximum atomic E-state index is 13.5. The average Bonchev–Trinajstić information content (AvgIpc) is 3.26. The third kappa shape index (κ3) is 5.23. The minimum absolute atomic E-state index is 0.0535. The minimum atomic E-state index is -0.676. The zero-order valence-electron chi connectivity index (χ0n) is 24.4. The molecule has 8 heteroatoms. The van der Waals surface area contributed by atoms with Gasteiger partial charge in [0.2, 0.25) is 0 Å². The number of ether oxygens (including phenoxy) is 2. The van der Waals surface area contributed by atoms with Crippen LogP contribution in [0.4, 0.5) is 0 Å². The van der Waals surface area contributed by atoms with Crippen molar-refractivity contribution >= 4 is 29.5 Å². The Hall–Kier alpha value is -1.38. The largest absolute Gasteiger partial charge is 0.466 e. The van der Waals surface area contributed by atoms with Crippen LogP contribution < -0.4 is 5.73 Å². The molecule has 11 atom stereocenters. The van der Waals surface area contributed by atoms with Crippen LogP contribution in [0.1, 0.15) is 86.0 Å². The molecule has 0 spiro atoms. The predicted octanol–water partition coefficient (Wildman–Crippen LogP) is 4.69. The number of nitrogens with two attached hydrogens (primary N) is 1. The topological polar surface area (TPSA) is 116 Å². The van der Waals surface area contributed by atoms with Crippen LogP contribution in [0, 0.1) is 39.9 Å². The number of aliphatic hydroxyl groups excluding tert-OH is 1. The van der Waals surface area contributed by atoms with Crippen LogP contribution in [0.15, 0.2) is 12.7 Å². The van der Waals surface area contributed by atoms with Crippen molar-refractivity contribution in [2.24, 2.45) is 45.7 Å². The maximum absolute atomic E-state index is 13.5. The van der Waals surface area contributed by atoms with E-state index in [2.05, 4.69) is 27.4 Å². The van der Waals surface area contributed by atoms with E-state index in [1.165, 1.54) is 11.8 Å². The van der Waals surface area contributed by atoms with E-state index in [1.807, 2.05) is 13.0 Å². The van der Waals surface area contributed by atoms with Gasteiger partial charge < -0.3 is 20.3 Å². The molecule has 39 heavy (non-hydrogen) atoms. The Morgan fingerprint density at radius 1 is 1.21 bits per heavy atom. The van der Waals surface area contributed by atoms with Gasteiger partial charge in [0.1, 0.15) is 11.9 Å². The van der Waals surface area contributed by atoms with Gasteiger partial charge in [-0.1, -0.05) is 33.8 Å². The predicted molar refractivity (Wildman–Crippen MR) is 153 cm³/mol. The molecule has 0 radical (unpaired) electrons. The molecule has 3 N–H and O–H groups in total. The molecule has 0 aromatic carbocycles. The Morgan fingerprint density at radius 2 is 1.92 bits per heavy atom. The Bertz CT molecular complexity index is 973. The van der Waals surface area contributed by atoms with Gasteiger partial charge in [-0.2, -0.15) is 0 Å². The first-order valence-corrected chi connectivity index (χ1v) is 16.0. The molecule has 2 bridgehead atoms. The van der Waals surface area contributed by atoms with Crippen molar-refractivity contribution in [3.8, 4) is 0 Å². The zero-order valence-corrected chi connectivity index (χ0v) is 25.3. The number of hydrogen-bond acceptors (Lipinski definition) is 8. The number of rotatable bonds is 7. The number of ketones is 1. The fraction of sp³-hybridized carbons (Fsp3) is 0.839. The van der Waals surface area contributed by atoms with Crippen molar-refractivity contribution < 1.29 is 29.0 Å². The summed E-state index contributed by atoms with van der Waals surface area (Å²) in [7, 11) is 0. The maximum Gasteiger partial charge on any atom is 0.316 e. The number of Topliss-reactive ketones (excluding diaryl/α,β-unsaturated/α-hetero) is 1. The van der Waals surface area contributed by atoms with Gasteiger partial charge in [0, 0.05) is 34.5 Å². The molecule has 0 unspecified atom stereocenters. The highest BCUT2D eigenvalue weighted by atomic mass is 32.2. The lowest BCUT2D eigenvalue weighted by molar-refractivity contribution is -0.205. The molecular weight excluding hydrogens is 514 g/mol. The molecule has 4 aliphatic carbocycles. The Labute approximate surface area is 238 Å². The van der Waals surface area contributed by atoms with Gasteiger partial charge >= 0.3 is 11.9 Å². The monoisotopic (exact) mass is 563 g/mol. The molecule has 0 heterocycles. The summed E-state index contributed by atoms with van der Waals surface area (Å²) >= 11 is 1.50. The number of esters is 2. The molecule has 0 saturated heterocycles. The number of aliphatic hydroxyl groups is 1. The van der Waals surface area contributed by atoms with E-state index in [0.717, 1.165) is 25.7 Å². The van der Waals surface area contributed by atoms with Gasteiger partial charge in [0.25, 0.3) is 0 Å². The zero-order chi connectivity index (χ0) is 28.8. The highest BCUT2D eigenvalue weighted by Crippen LogP contribution is 2.68. The molecule has 4 rings (SSSR count). The first kappa shape index (κ1) is 30.6. The van der Waals surface area contributed by atoms with Gasteiger partial charge in [0.05, 0.1) is 24.4 Å². The summed E-state index contributed by atoms with van der Waals surface area (Å²) in [5.41, 5.74) is 4.97. The Kier molecular flexibility index (Phi) is 9.00. The smallest absolute Gasteiger partial charge is 0.316 e. The lowest BCUT2D eigenvalue weighted by Gasteiger charge is -2.61. The molecule has 4 aliphatic rings. The highest BCUT2D eigenvalue weighted by molar-refractivity contribution is 8.00. The lowest BCUT2D eigenvalue weighted by atomic mass is 9.44. The van der Waals surface area contributed by atoms with E-state index in [4.69, 9.17) is 15.2 Å². The van der Waals surface area contributed by atoms with E-state index >= 15 is 0 Å². The van der Waals surface area contributed by atoms with E-state index in [1.54, 1.807) is 6.92 Å². The standard InChI is InChI=1S/C31H49NO6S/c1-7-29(5)16-24(38-25(34)17-39-23-10-9-20(15-21(23)32)28(36)37-8-2)30(6)18(3)11-13-31(19(4)27(29)35)14-12-22(33)26(30)31/h7,18-21,23-24,26-27,35H,1,8-17,32H2,2-6H3/t18-,19+,20+,21-,23-,24-,26+,27+,29-,30+,31+/m1/s1. The molecule has 4 saturated carbocycles. The number of carbonyl (C=O) groups is 3. The number of carbonyl (C=O) groups excluding carboxylic acids is 3. The number of hydrogen-bond donors (Lipinski definition) is 2. The third-order valence-electron chi connectivity index (χ3n) is 11.4. The molecule has 4 fully saturated rings. The number of thioether (sulfide) groups is 1. The van der Waals surface area contributed by atoms with Gasteiger partial charge in [-0.25, -0.2) is 0 Å². The van der Waals surface area contributed by atoms with E-state index in [-0.39, 0.29) is 63.9 Å². The lowest BCUT2D eigenvalue weighted by Crippen LogP contribution is -2.63. The van der Waals surface area contributed by atoms with Crippen LogP contribution in [-0.2, 0) is 23.9 Å². The van der Waals surface area contributed by atoms with Gasteiger partial charge in [-0.15, -0.1) is 18.3 Å². The Balaban J connectivity index is 1.52. The second kappa shape index (κ2) is 11.5. The molecule has 0 aliphatic heterocycles. The van der Waals surface area contributed by atoms with Crippen molar-refractivity contribution in [1.29, 1.82) is 0 Å². The minimum Gasteiger partial charge on any atom is -0.466 e. The average molecular weight is 564 g/mol. The van der Waals surface area contributed by atoms with Gasteiger partial charge in [0.15, 0.2) is 0 Å². The second-order valence-electron chi connectivity index (χ2n) is 13.3. The fourth-order valence-electron chi connectivity index (χ4n) is 8.73. The molecule has 0 aromatic rings. The van der Waals surface area contributed by atoms with Crippen LogP contribution in [0.2, 0.25) is 0 Å². The molecule has 220 valence electrons. The van der Waals surface area contributed by atoms with E-state index in [0.29, 0.717) is 32.3 Å². The van der Waals surface area contributed by atoms with Crippen molar-refractivity contribution in [2.75, 3.05) is 12.4 Å². The van der Waals surface area contributed by atoms with E-state index < -0.39 is 23.0 Å². The third-order valence-corrected chi connectivity index (χ3v) is 12.9. The molecule has 0 aromatic heterocycles. The van der Waals surface area contributed by atoms with Crippen LogP contribution >= 0.6 is 11.8 Å². The van der Waals surface area contributed by atoms with Crippen molar-refractivity contribution in [1.82, 2.24) is 0 Å². The molecule has 7 nitrogen and oxygen atoms in total. The summed E-state index contributed by atoms with van der Waals surface area (Å²) in [6.07, 6.45) is 6.25. The SMILES string of the molecule is C=C[C@]1(C)C[C@@H](OC(=O)CS[C@@H]2CC[C@H](C(=O)OCC)C[C@H]2N)[C@]2(C)[C@H](C)CC[C@]3(CCC(=O)[C@H]32)[C@@H](C)[C@@H]1O. The fourth-order valence-corrected chi connectivity index (χ4v) is 9.81. The van der Waals surface area contributed by atoms with Crippen LogP contribution in [0.3, 0.4) is 0 Å². The first-order valence-electron chi connectivity index (χ1n) is 14.9. The summed E-state index contributed by atoms with van der Waals surface area (Å²) in [4.78, 5) is 39.1. The normalized spacial score (nSPS) is 46.0. The van der Waals surface area contributed by atoms with Crippen LogP contribution in [0.5, 0.6) is 0 Å². The van der Waals surface area contributed by atoms with Gasteiger partial charge in [-0.3, -0.25) is 14.4 Å². The highest BCUT2D eigenvalue weighted by Gasteiger charge is 2.68. The van der Waals surface area contributed by atoms with Crippen molar-refractivity contribution in [3.63, 3.8) is 0 Å². The summed E-state index contributed by atoms with van der Waals surface area (Å²) < 4.78 is 11.5. The first-order chi connectivity index (χ1) is 18.3. The summed E-state index contributed by atoms with van der Waals surface area (Å²) in [6, 6.07) is -0.194. The molecule has 0 amide bonds.